The molecule has 0 saturated carbocycles. The van der Waals surface area contributed by atoms with Gasteiger partial charge in [-0.25, -0.2) is 0 Å². The molecule has 2 heterocycles. The maximum absolute atomic E-state index is 13.2. The molecule has 1 N–H and O–H groups in total. The van der Waals surface area contributed by atoms with Crippen molar-refractivity contribution in [3.63, 3.8) is 0 Å². The van der Waals surface area contributed by atoms with E-state index in [9.17, 15) is 22.8 Å². The van der Waals surface area contributed by atoms with E-state index in [1.54, 1.807) is 41.8 Å². The van der Waals surface area contributed by atoms with Gasteiger partial charge in [0.2, 0.25) is 0 Å². The summed E-state index contributed by atoms with van der Waals surface area (Å²) in [5.74, 6) is -0.635. The number of halogens is 3. The van der Waals surface area contributed by atoms with Gasteiger partial charge >= 0.3 is 6.18 Å². The molecule has 9 heteroatoms. The summed E-state index contributed by atoms with van der Waals surface area (Å²) in [4.78, 5) is 28.1. The third-order valence-electron chi connectivity index (χ3n) is 4.92. The zero-order chi connectivity index (χ0) is 22.9. The van der Waals surface area contributed by atoms with Crippen LogP contribution in [0.2, 0.25) is 0 Å². The number of carbonyl (C=O) groups is 2. The minimum absolute atomic E-state index is 0.0374. The van der Waals surface area contributed by atoms with Crippen molar-refractivity contribution < 1.29 is 27.5 Å². The van der Waals surface area contributed by atoms with Crippen LogP contribution >= 0.6 is 11.3 Å². The third-order valence-corrected chi connectivity index (χ3v) is 5.80. The number of benzene rings is 2. The Kier molecular flexibility index (Phi) is 5.75. The largest absolute Gasteiger partial charge is 0.496 e. The van der Waals surface area contributed by atoms with Crippen LogP contribution in [0, 0.1) is 0 Å². The van der Waals surface area contributed by atoms with Crippen LogP contribution in [0.3, 0.4) is 0 Å². The first-order valence-electron chi connectivity index (χ1n) is 9.50. The van der Waals surface area contributed by atoms with E-state index in [0.29, 0.717) is 16.2 Å². The topological polar surface area (TPSA) is 58.6 Å². The smallest absolute Gasteiger partial charge is 0.416 e. The van der Waals surface area contributed by atoms with Crippen molar-refractivity contribution in [2.24, 2.45) is 0 Å². The summed E-state index contributed by atoms with van der Waals surface area (Å²) in [5, 5.41) is 4.51. The van der Waals surface area contributed by atoms with Gasteiger partial charge in [-0.05, 0) is 35.7 Å². The predicted molar refractivity (Wildman–Crippen MR) is 115 cm³/mol. The molecule has 0 saturated heterocycles. The molecule has 1 aliphatic heterocycles. The number of amides is 2. The van der Waals surface area contributed by atoms with Crippen LogP contribution in [0.15, 0.2) is 71.7 Å². The molecule has 0 aliphatic carbocycles. The minimum atomic E-state index is -4.53. The number of anilines is 1. The molecule has 2 amide bonds. The van der Waals surface area contributed by atoms with Crippen molar-refractivity contribution in [2.75, 3.05) is 12.4 Å². The summed E-state index contributed by atoms with van der Waals surface area (Å²) >= 11 is 1.26. The van der Waals surface area contributed by atoms with Crippen molar-refractivity contribution in [1.82, 2.24) is 4.90 Å². The van der Waals surface area contributed by atoms with Crippen LogP contribution in [0.4, 0.5) is 18.9 Å². The number of thiophene rings is 1. The zero-order valence-electron chi connectivity index (χ0n) is 16.8. The Morgan fingerprint density at radius 2 is 1.78 bits per heavy atom. The Morgan fingerprint density at radius 3 is 2.47 bits per heavy atom. The number of nitrogens with one attached hydrogen (secondary N) is 1. The molecule has 164 valence electrons. The molecule has 32 heavy (non-hydrogen) atoms. The summed E-state index contributed by atoms with van der Waals surface area (Å²) in [6.07, 6.45) is -4.53. The highest BCUT2D eigenvalue weighted by atomic mass is 32.1. The standard InChI is InChI=1S/C23H17F3N2O3S/c1-31-17-9-3-2-6-14(17)13-28-21(29)19(18-10-5-11-32-18)20(22(28)30)27-16-8-4-7-15(12-16)23(24,25)26/h2-12,27H,13H2,1H3. The van der Waals surface area contributed by atoms with Gasteiger partial charge in [-0.2, -0.15) is 13.2 Å². The first kappa shape index (κ1) is 21.6. The van der Waals surface area contributed by atoms with E-state index in [2.05, 4.69) is 5.32 Å². The van der Waals surface area contributed by atoms with Crippen molar-refractivity contribution >= 4 is 34.4 Å². The maximum Gasteiger partial charge on any atom is 0.416 e. The molecule has 1 aromatic heterocycles. The van der Waals surface area contributed by atoms with E-state index in [1.165, 1.54) is 30.6 Å². The van der Waals surface area contributed by atoms with E-state index in [1.807, 2.05) is 0 Å². The quantitative estimate of drug-likeness (QED) is 0.518. The zero-order valence-corrected chi connectivity index (χ0v) is 17.6. The number of rotatable bonds is 6. The van der Waals surface area contributed by atoms with Crippen LogP contribution in [-0.4, -0.2) is 23.8 Å². The average Bonchev–Trinajstić information content (AvgIpc) is 3.37. The number of nitrogens with zero attached hydrogens (tertiary/aromatic N) is 1. The fourth-order valence-corrected chi connectivity index (χ4v) is 4.17. The van der Waals surface area contributed by atoms with Crippen LogP contribution in [0.25, 0.3) is 5.57 Å². The van der Waals surface area contributed by atoms with Gasteiger partial charge in [0, 0.05) is 16.1 Å². The summed E-state index contributed by atoms with van der Waals surface area (Å²) in [6, 6.07) is 14.9. The van der Waals surface area contributed by atoms with Crippen LogP contribution < -0.4 is 10.1 Å². The number of carbonyl (C=O) groups excluding carboxylic acids is 2. The van der Waals surface area contributed by atoms with Gasteiger partial charge in [0.05, 0.1) is 24.8 Å². The van der Waals surface area contributed by atoms with Crippen molar-refractivity contribution in [1.29, 1.82) is 0 Å². The molecule has 0 radical (unpaired) electrons. The van der Waals surface area contributed by atoms with Gasteiger partial charge in [0.15, 0.2) is 0 Å². The number of methoxy groups -OCH3 is 1. The lowest BCUT2D eigenvalue weighted by molar-refractivity contribution is -0.138. The first-order chi connectivity index (χ1) is 15.3. The lowest BCUT2D eigenvalue weighted by atomic mass is 10.1. The number of alkyl halides is 3. The second-order valence-electron chi connectivity index (χ2n) is 6.94. The molecule has 0 spiro atoms. The SMILES string of the molecule is COc1ccccc1CN1C(=O)C(Nc2cccc(C(F)(F)F)c2)=C(c2cccs2)C1=O. The van der Waals surface area contributed by atoms with Gasteiger partial charge in [-0.1, -0.05) is 30.3 Å². The molecule has 4 rings (SSSR count). The number of hydrogen-bond donors (Lipinski definition) is 1. The summed E-state index contributed by atoms with van der Waals surface area (Å²) in [5.41, 5.74) is -0.112. The second-order valence-corrected chi connectivity index (χ2v) is 7.89. The molecule has 0 atom stereocenters. The molecule has 0 bridgehead atoms. The number of hydrogen-bond acceptors (Lipinski definition) is 5. The average molecular weight is 458 g/mol. The lowest BCUT2D eigenvalue weighted by Gasteiger charge is -2.17. The summed E-state index contributed by atoms with van der Waals surface area (Å²) in [6.45, 7) is -0.0374. The summed E-state index contributed by atoms with van der Waals surface area (Å²) in [7, 11) is 1.49. The Morgan fingerprint density at radius 1 is 1.00 bits per heavy atom. The van der Waals surface area contributed by atoms with Crippen molar-refractivity contribution in [3.8, 4) is 5.75 Å². The van der Waals surface area contributed by atoms with Gasteiger partial charge < -0.3 is 10.1 Å². The maximum atomic E-state index is 13.2. The normalized spacial score (nSPS) is 14.3. The van der Waals surface area contributed by atoms with E-state index < -0.39 is 23.6 Å². The van der Waals surface area contributed by atoms with Crippen molar-refractivity contribution in [3.05, 3.63) is 87.7 Å². The molecular weight excluding hydrogens is 441 g/mol. The van der Waals surface area contributed by atoms with Gasteiger partial charge in [0.1, 0.15) is 11.4 Å². The van der Waals surface area contributed by atoms with E-state index in [-0.39, 0.29) is 23.5 Å². The highest BCUT2D eigenvalue weighted by Crippen LogP contribution is 2.36. The van der Waals surface area contributed by atoms with E-state index in [4.69, 9.17) is 4.74 Å². The minimum Gasteiger partial charge on any atom is -0.496 e. The highest BCUT2D eigenvalue weighted by molar-refractivity contribution is 7.11. The fraction of sp³-hybridized carbons (Fsp3) is 0.130. The second kappa shape index (κ2) is 8.51. The van der Waals surface area contributed by atoms with Gasteiger partial charge in [0.25, 0.3) is 11.8 Å². The van der Waals surface area contributed by atoms with Crippen LogP contribution in [0.5, 0.6) is 5.75 Å². The molecule has 1 aliphatic rings. The van der Waals surface area contributed by atoms with Crippen LogP contribution in [0.1, 0.15) is 16.0 Å². The molecular formula is C23H17F3N2O3S. The number of para-hydroxylation sites is 1. The molecule has 3 aromatic rings. The van der Waals surface area contributed by atoms with Gasteiger partial charge in [-0.15, -0.1) is 11.3 Å². The number of imide groups is 1. The van der Waals surface area contributed by atoms with E-state index >= 15 is 0 Å². The van der Waals surface area contributed by atoms with Gasteiger partial charge in [-0.3, -0.25) is 14.5 Å². The number of ether oxygens (including phenoxy) is 1. The molecule has 0 fully saturated rings. The Hall–Kier alpha value is -3.59. The monoisotopic (exact) mass is 458 g/mol. The van der Waals surface area contributed by atoms with E-state index in [0.717, 1.165) is 17.0 Å². The molecule has 5 nitrogen and oxygen atoms in total. The lowest BCUT2D eigenvalue weighted by Crippen LogP contribution is -2.32. The third kappa shape index (κ3) is 4.11. The molecule has 0 unspecified atom stereocenters. The van der Waals surface area contributed by atoms with Crippen LogP contribution in [-0.2, 0) is 22.3 Å². The first-order valence-corrected chi connectivity index (χ1v) is 10.4. The Bertz CT molecular complexity index is 1200. The highest BCUT2D eigenvalue weighted by Gasteiger charge is 2.40. The van der Waals surface area contributed by atoms with Crippen molar-refractivity contribution in [2.45, 2.75) is 12.7 Å². The summed E-state index contributed by atoms with van der Waals surface area (Å²) < 4.78 is 44.7. The molecule has 2 aromatic carbocycles. The predicted octanol–water partition coefficient (Wildman–Crippen LogP) is 5.17. The Balaban J connectivity index is 1.72. The Labute approximate surface area is 185 Å². The fourth-order valence-electron chi connectivity index (χ4n) is 3.41.